The van der Waals surface area contributed by atoms with Crippen molar-refractivity contribution in [1.82, 2.24) is 14.8 Å². The topological polar surface area (TPSA) is 114 Å². The molecular weight excluding hydrogens is 564 g/mol. The molecule has 2 aliphatic rings. The molecule has 2 aromatic heterocycles. The van der Waals surface area contributed by atoms with Gasteiger partial charge in [0, 0.05) is 16.6 Å². The number of carbonyl (C=O) groups excluding carboxylic acids is 2. The number of nitrogens with zero attached hydrogens (tertiary/aromatic N) is 3. The monoisotopic (exact) mass is 592 g/mol. The third-order valence-electron chi connectivity index (χ3n) is 6.66. The molecule has 0 atom stereocenters. The third-order valence-corrected chi connectivity index (χ3v) is 8.80. The number of hydrogen-bond acceptors (Lipinski definition) is 10. The molecule has 1 amide bonds. The van der Waals surface area contributed by atoms with Crippen molar-refractivity contribution < 1.29 is 28.5 Å². The van der Waals surface area contributed by atoms with Crippen LogP contribution in [0, 0.1) is 0 Å². The van der Waals surface area contributed by atoms with E-state index in [1.54, 1.807) is 19.1 Å². The number of benzene rings is 2. The zero-order chi connectivity index (χ0) is 28.2. The largest absolute Gasteiger partial charge is 0.485 e. The molecule has 0 saturated carbocycles. The Balaban J connectivity index is 1.18. The molecule has 12 heteroatoms. The van der Waals surface area contributed by atoms with Gasteiger partial charge in [-0.2, -0.15) is 0 Å². The van der Waals surface area contributed by atoms with Crippen LogP contribution in [0.3, 0.4) is 0 Å². The van der Waals surface area contributed by atoms with Crippen LogP contribution >= 0.6 is 23.1 Å². The van der Waals surface area contributed by atoms with E-state index in [-0.39, 0.29) is 37.6 Å². The Bertz CT molecular complexity index is 1570. The predicted octanol–water partition coefficient (Wildman–Crippen LogP) is 5.42. The van der Waals surface area contributed by atoms with Gasteiger partial charge in [0.2, 0.25) is 12.7 Å². The SMILES string of the molecule is CCOC(=O)c1c(NC(=O)CSc2nnc(COc3ccc4c(c3)OCO4)n2-c2ccccc2)sc2c1CCCC2. The number of carbonyl (C=O) groups is 2. The lowest BCUT2D eigenvalue weighted by Crippen LogP contribution is -2.17. The first-order valence-corrected chi connectivity index (χ1v) is 15.2. The summed E-state index contributed by atoms with van der Waals surface area (Å²) in [5, 5.41) is 12.8. The lowest BCUT2D eigenvalue weighted by Gasteiger charge is -2.12. The summed E-state index contributed by atoms with van der Waals surface area (Å²) >= 11 is 2.73. The number of thiophene rings is 1. The molecule has 0 saturated heterocycles. The number of hydrogen-bond donors (Lipinski definition) is 1. The van der Waals surface area contributed by atoms with Crippen LogP contribution in [0.2, 0.25) is 0 Å². The summed E-state index contributed by atoms with van der Waals surface area (Å²) in [5.74, 6) is 1.96. The number of fused-ring (bicyclic) bond motifs is 2. The van der Waals surface area contributed by atoms with Gasteiger partial charge in [-0.05, 0) is 62.4 Å². The van der Waals surface area contributed by atoms with Crippen molar-refractivity contribution in [3.63, 3.8) is 0 Å². The van der Waals surface area contributed by atoms with Crippen LogP contribution in [-0.2, 0) is 29.0 Å². The van der Waals surface area contributed by atoms with Gasteiger partial charge in [-0.3, -0.25) is 9.36 Å². The molecule has 0 spiro atoms. The number of ether oxygens (including phenoxy) is 4. The lowest BCUT2D eigenvalue weighted by molar-refractivity contribution is -0.113. The zero-order valence-corrected chi connectivity index (χ0v) is 24.0. The molecule has 4 aromatic rings. The molecule has 2 aromatic carbocycles. The Hall–Kier alpha value is -4.03. The van der Waals surface area contributed by atoms with Crippen molar-refractivity contribution in [3.05, 3.63) is 70.4 Å². The normalized spacial score (nSPS) is 13.5. The highest BCUT2D eigenvalue weighted by molar-refractivity contribution is 7.99. The first-order valence-electron chi connectivity index (χ1n) is 13.4. The van der Waals surface area contributed by atoms with Crippen LogP contribution in [0.1, 0.15) is 46.4 Å². The number of aryl methyl sites for hydroxylation is 1. The van der Waals surface area contributed by atoms with Crippen molar-refractivity contribution in [2.24, 2.45) is 0 Å². The third kappa shape index (κ3) is 5.89. The molecule has 1 aliphatic carbocycles. The molecule has 10 nitrogen and oxygen atoms in total. The van der Waals surface area contributed by atoms with Gasteiger partial charge in [0.1, 0.15) is 17.4 Å². The number of esters is 1. The minimum absolute atomic E-state index is 0.0822. The van der Waals surface area contributed by atoms with Gasteiger partial charge in [-0.1, -0.05) is 30.0 Å². The van der Waals surface area contributed by atoms with Gasteiger partial charge < -0.3 is 24.3 Å². The Morgan fingerprint density at radius 3 is 2.76 bits per heavy atom. The Morgan fingerprint density at radius 1 is 1.07 bits per heavy atom. The van der Waals surface area contributed by atoms with E-state index in [0.717, 1.165) is 41.8 Å². The average Bonchev–Trinajstić information content (AvgIpc) is 3.71. The van der Waals surface area contributed by atoms with E-state index in [9.17, 15) is 9.59 Å². The highest BCUT2D eigenvalue weighted by atomic mass is 32.2. The molecule has 0 bridgehead atoms. The second kappa shape index (κ2) is 12.2. The minimum Gasteiger partial charge on any atom is -0.485 e. The Morgan fingerprint density at radius 2 is 1.90 bits per heavy atom. The standard InChI is InChI=1S/C29H28N4O6S2/c1-2-36-28(35)26-20-10-6-7-11-23(20)41-27(26)30-25(34)16-40-29-32-31-24(33(29)18-8-4-3-5-9-18)15-37-19-12-13-21-22(14-19)39-17-38-21/h3-5,8-9,12-14H,2,6-7,10-11,15-17H2,1H3,(H,30,34). The van der Waals surface area contributed by atoms with Crippen LogP contribution in [0.15, 0.2) is 53.7 Å². The van der Waals surface area contributed by atoms with Gasteiger partial charge >= 0.3 is 5.97 Å². The molecule has 6 rings (SSSR count). The lowest BCUT2D eigenvalue weighted by atomic mass is 9.95. The van der Waals surface area contributed by atoms with Crippen LogP contribution in [-0.4, -0.2) is 45.8 Å². The number of para-hydroxylation sites is 1. The van der Waals surface area contributed by atoms with Crippen LogP contribution in [0.25, 0.3) is 5.69 Å². The Kier molecular flexibility index (Phi) is 8.10. The van der Waals surface area contributed by atoms with Gasteiger partial charge in [-0.25, -0.2) is 4.79 Å². The average molecular weight is 593 g/mol. The second-order valence-corrected chi connectivity index (χ2v) is 11.4. The zero-order valence-electron chi connectivity index (χ0n) is 22.4. The van der Waals surface area contributed by atoms with E-state index < -0.39 is 0 Å². The van der Waals surface area contributed by atoms with E-state index in [2.05, 4.69) is 15.5 Å². The quantitative estimate of drug-likeness (QED) is 0.190. The summed E-state index contributed by atoms with van der Waals surface area (Å²) in [6.07, 6.45) is 3.83. The van der Waals surface area contributed by atoms with Crippen molar-refractivity contribution in [2.75, 3.05) is 24.5 Å². The van der Waals surface area contributed by atoms with Crippen molar-refractivity contribution >= 4 is 40.0 Å². The number of thioether (sulfide) groups is 1. The first kappa shape index (κ1) is 27.2. The Labute approximate surface area is 245 Å². The number of amides is 1. The smallest absolute Gasteiger partial charge is 0.341 e. The van der Waals surface area contributed by atoms with Crippen molar-refractivity contribution in [3.8, 4) is 22.9 Å². The molecule has 1 aliphatic heterocycles. The highest BCUT2D eigenvalue weighted by Gasteiger charge is 2.27. The van der Waals surface area contributed by atoms with Crippen molar-refractivity contribution in [2.45, 2.75) is 44.4 Å². The maximum atomic E-state index is 13.1. The van der Waals surface area contributed by atoms with Gasteiger partial charge in [0.25, 0.3) is 0 Å². The van der Waals surface area contributed by atoms with E-state index in [0.29, 0.717) is 38.8 Å². The number of anilines is 1. The van der Waals surface area contributed by atoms with E-state index >= 15 is 0 Å². The van der Waals surface area contributed by atoms with Crippen LogP contribution in [0.4, 0.5) is 5.00 Å². The molecule has 41 heavy (non-hydrogen) atoms. The van der Waals surface area contributed by atoms with E-state index in [1.165, 1.54) is 23.1 Å². The summed E-state index contributed by atoms with van der Waals surface area (Å²) in [4.78, 5) is 27.0. The van der Waals surface area contributed by atoms with Gasteiger partial charge in [-0.15, -0.1) is 21.5 Å². The van der Waals surface area contributed by atoms with Crippen molar-refractivity contribution in [1.29, 1.82) is 0 Å². The van der Waals surface area contributed by atoms with Crippen LogP contribution in [0.5, 0.6) is 17.2 Å². The fourth-order valence-electron chi connectivity index (χ4n) is 4.80. The van der Waals surface area contributed by atoms with Gasteiger partial charge in [0.15, 0.2) is 22.5 Å². The predicted molar refractivity (Wildman–Crippen MR) is 155 cm³/mol. The molecule has 3 heterocycles. The summed E-state index contributed by atoms with van der Waals surface area (Å²) < 4.78 is 24.0. The number of nitrogens with one attached hydrogen (secondary N) is 1. The number of rotatable bonds is 10. The summed E-state index contributed by atoms with van der Waals surface area (Å²) in [5.41, 5.74) is 2.36. The fourth-order valence-corrected chi connectivity index (χ4v) is 6.87. The second-order valence-electron chi connectivity index (χ2n) is 9.35. The van der Waals surface area contributed by atoms with Gasteiger partial charge in [0.05, 0.1) is 17.9 Å². The maximum absolute atomic E-state index is 13.1. The molecule has 0 unspecified atom stereocenters. The highest BCUT2D eigenvalue weighted by Crippen LogP contribution is 2.39. The van der Waals surface area contributed by atoms with E-state index in [1.807, 2.05) is 41.0 Å². The molecule has 1 N–H and O–H groups in total. The maximum Gasteiger partial charge on any atom is 0.341 e. The van der Waals surface area contributed by atoms with Crippen LogP contribution < -0.4 is 19.5 Å². The molecular formula is C29H28N4O6S2. The van der Waals surface area contributed by atoms with E-state index in [4.69, 9.17) is 18.9 Å². The summed E-state index contributed by atoms with van der Waals surface area (Å²) in [6.45, 7) is 2.40. The molecule has 212 valence electrons. The number of aromatic nitrogens is 3. The summed E-state index contributed by atoms with van der Waals surface area (Å²) in [6, 6.07) is 15.1. The molecule has 0 fully saturated rings. The fraction of sp³-hybridized carbons (Fsp3) is 0.310. The molecule has 0 radical (unpaired) electrons. The first-order chi connectivity index (χ1) is 20.1. The summed E-state index contributed by atoms with van der Waals surface area (Å²) in [7, 11) is 0. The minimum atomic E-state index is -0.384.